The minimum Gasteiger partial charge on any atom is -0.329 e. The molecule has 1 heterocycles. The van der Waals surface area contributed by atoms with E-state index in [9.17, 15) is 9.59 Å². The lowest BCUT2D eigenvalue weighted by atomic mass is 10.2. The number of carbonyl (C=O) groups excluding carboxylic acids is 1. The molecule has 0 amide bonds. The molecule has 7 heteroatoms. The number of para-hydroxylation sites is 1. The van der Waals surface area contributed by atoms with E-state index >= 15 is 0 Å². The average molecular weight is 271 g/mol. The van der Waals surface area contributed by atoms with Crippen molar-refractivity contribution >= 4 is 40.7 Å². The summed E-state index contributed by atoms with van der Waals surface area (Å²) in [6.07, 6.45) is 0. The largest absolute Gasteiger partial charge is 0.347 e. The van der Waals surface area contributed by atoms with E-state index in [-0.39, 0.29) is 10.7 Å². The predicted molar refractivity (Wildman–Crippen MR) is 65.7 cm³/mol. The van der Waals surface area contributed by atoms with Crippen molar-refractivity contribution in [3.8, 4) is 0 Å². The normalized spacial score (nSPS) is 10.4. The van der Waals surface area contributed by atoms with Crippen LogP contribution >= 0.6 is 23.8 Å². The monoisotopic (exact) mass is 270 g/mol. The predicted octanol–water partition coefficient (Wildman–Crippen LogP) is 1.25. The van der Waals surface area contributed by atoms with Crippen molar-refractivity contribution in [3.63, 3.8) is 0 Å². The van der Waals surface area contributed by atoms with E-state index in [1.165, 1.54) is 0 Å². The lowest BCUT2D eigenvalue weighted by molar-refractivity contribution is -0.141. The fourth-order valence-electron chi connectivity index (χ4n) is 1.36. The summed E-state index contributed by atoms with van der Waals surface area (Å²) < 4.78 is 0.731. The van der Waals surface area contributed by atoms with Crippen LogP contribution in [0, 0.1) is 4.77 Å². The van der Waals surface area contributed by atoms with Gasteiger partial charge in [-0.05, 0) is 24.4 Å². The number of aromatic nitrogens is 2. The topological polar surface area (TPSA) is 64.1 Å². The summed E-state index contributed by atoms with van der Waals surface area (Å²) in [4.78, 5) is 30.5. The van der Waals surface area contributed by atoms with E-state index in [4.69, 9.17) is 28.7 Å². The van der Waals surface area contributed by atoms with Gasteiger partial charge in [0.2, 0.25) is 4.77 Å². The van der Waals surface area contributed by atoms with Crippen molar-refractivity contribution in [1.29, 1.82) is 0 Å². The molecule has 2 aromatic rings. The van der Waals surface area contributed by atoms with Crippen LogP contribution in [0.3, 0.4) is 0 Å². The second-order valence-electron chi connectivity index (χ2n) is 3.17. The number of benzene rings is 1. The summed E-state index contributed by atoms with van der Waals surface area (Å²) in [7, 11) is 0. The van der Waals surface area contributed by atoms with Crippen LogP contribution in [0.5, 0.6) is 0 Å². The summed E-state index contributed by atoms with van der Waals surface area (Å²) >= 11 is 10.2. The maximum Gasteiger partial charge on any atom is 0.347 e. The Hall–Kier alpha value is -1.66. The highest BCUT2D eigenvalue weighted by Gasteiger charge is 2.09. The first kappa shape index (κ1) is 11.8. The van der Waals surface area contributed by atoms with Crippen LogP contribution in [0.15, 0.2) is 29.1 Å². The van der Waals surface area contributed by atoms with E-state index in [1.807, 2.05) is 0 Å². The smallest absolute Gasteiger partial charge is 0.329 e. The zero-order chi connectivity index (χ0) is 12.4. The first-order valence-corrected chi connectivity index (χ1v) is 5.59. The van der Waals surface area contributed by atoms with Crippen LogP contribution in [0.4, 0.5) is 0 Å². The fourth-order valence-corrected chi connectivity index (χ4v) is 1.63. The number of rotatable bonds is 2. The van der Waals surface area contributed by atoms with Crippen molar-refractivity contribution in [2.75, 3.05) is 5.88 Å². The number of H-pyrrole nitrogens is 1. The Kier molecular flexibility index (Phi) is 3.26. The molecule has 0 atom stereocenters. The summed E-state index contributed by atoms with van der Waals surface area (Å²) in [6, 6.07) is 6.78. The summed E-state index contributed by atoms with van der Waals surface area (Å²) in [5, 5.41) is 0.378. The Bertz CT molecular complexity index is 692. The molecule has 1 aromatic carbocycles. The van der Waals surface area contributed by atoms with Crippen LogP contribution < -0.4 is 10.4 Å². The Morgan fingerprint density at radius 2 is 2.18 bits per heavy atom. The van der Waals surface area contributed by atoms with Gasteiger partial charge in [0.15, 0.2) is 0 Å². The van der Waals surface area contributed by atoms with Crippen molar-refractivity contribution in [2.24, 2.45) is 0 Å². The third kappa shape index (κ3) is 2.22. The number of halogens is 1. The fraction of sp³-hybridized carbons (Fsp3) is 0.100. The molecule has 17 heavy (non-hydrogen) atoms. The highest BCUT2D eigenvalue weighted by Crippen LogP contribution is 2.05. The van der Waals surface area contributed by atoms with Gasteiger partial charge in [0, 0.05) is 0 Å². The molecule has 0 aliphatic heterocycles. The molecule has 2 rings (SSSR count). The van der Waals surface area contributed by atoms with Crippen molar-refractivity contribution in [3.05, 3.63) is 39.4 Å². The minimum atomic E-state index is -0.747. The lowest BCUT2D eigenvalue weighted by Gasteiger charge is -2.06. The molecule has 1 N–H and O–H groups in total. The molecule has 0 saturated heterocycles. The van der Waals surface area contributed by atoms with Crippen LogP contribution in [-0.4, -0.2) is 21.6 Å². The third-order valence-corrected chi connectivity index (χ3v) is 2.56. The van der Waals surface area contributed by atoms with Gasteiger partial charge in [-0.2, -0.15) is 0 Å². The van der Waals surface area contributed by atoms with E-state index in [1.54, 1.807) is 24.3 Å². The van der Waals surface area contributed by atoms with Crippen molar-refractivity contribution in [1.82, 2.24) is 9.71 Å². The van der Waals surface area contributed by atoms with Crippen molar-refractivity contribution in [2.45, 2.75) is 0 Å². The first-order chi connectivity index (χ1) is 8.13. The van der Waals surface area contributed by atoms with Gasteiger partial charge in [0.1, 0.15) is 5.88 Å². The molecule has 0 spiro atoms. The van der Waals surface area contributed by atoms with Crippen LogP contribution in [0.1, 0.15) is 0 Å². The quantitative estimate of drug-likeness (QED) is 0.659. The first-order valence-electron chi connectivity index (χ1n) is 4.64. The molecule has 0 radical (unpaired) electrons. The molecule has 0 unspecified atom stereocenters. The Morgan fingerprint density at radius 3 is 2.88 bits per heavy atom. The van der Waals surface area contributed by atoms with Gasteiger partial charge >= 0.3 is 5.97 Å². The average Bonchev–Trinajstić information content (AvgIpc) is 2.34. The second-order valence-corrected chi connectivity index (χ2v) is 3.83. The van der Waals surface area contributed by atoms with Crippen LogP contribution in [-0.2, 0) is 4.79 Å². The highest BCUT2D eigenvalue weighted by molar-refractivity contribution is 7.71. The van der Waals surface area contributed by atoms with Crippen LogP contribution in [0.2, 0.25) is 0 Å². The van der Waals surface area contributed by atoms with Gasteiger partial charge in [-0.25, -0.2) is 4.79 Å². The number of hydrogen-bond acceptors (Lipinski definition) is 4. The van der Waals surface area contributed by atoms with Crippen LogP contribution in [0.25, 0.3) is 10.9 Å². The molecule has 0 saturated carbocycles. The van der Waals surface area contributed by atoms with E-state index in [0.29, 0.717) is 10.9 Å². The zero-order valence-corrected chi connectivity index (χ0v) is 10.0. The second kappa shape index (κ2) is 4.68. The lowest BCUT2D eigenvalue weighted by Crippen LogP contribution is -2.32. The molecular formula is C10H7ClN2O3S. The number of nitrogens with zero attached hydrogens (tertiary/aromatic N) is 1. The third-order valence-electron chi connectivity index (χ3n) is 2.07. The number of aromatic amines is 1. The van der Waals surface area contributed by atoms with Gasteiger partial charge in [-0.1, -0.05) is 12.1 Å². The van der Waals surface area contributed by atoms with Gasteiger partial charge in [-0.15, -0.1) is 16.3 Å². The molecule has 1 aromatic heterocycles. The van der Waals surface area contributed by atoms with E-state index in [0.717, 1.165) is 4.73 Å². The maximum absolute atomic E-state index is 12.0. The standard InChI is InChI=1S/C10H7ClN2O3S/c11-5-8(14)16-13-9(15)6-3-1-2-4-7(6)12-10(13)17/h1-4H,5H2,(H,12,17). The molecule has 5 nitrogen and oxygen atoms in total. The molecule has 88 valence electrons. The Balaban J connectivity index is 2.68. The van der Waals surface area contributed by atoms with Gasteiger partial charge in [0.05, 0.1) is 10.9 Å². The van der Waals surface area contributed by atoms with E-state index in [2.05, 4.69) is 4.98 Å². The molecular weight excluding hydrogens is 264 g/mol. The minimum absolute atomic E-state index is 0.00664. The summed E-state index contributed by atoms with van der Waals surface area (Å²) in [5.41, 5.74) is 0.0866. The molecule has 0 aliphatic rings. The summed E-state index contributed by atoms with van der Waals surface area (Å²) in [5.74, 6) is -1.10. The number of fused-ring (bicyclic) bond motifs is 1. The Labute approximate surface area is 106 Å². The summed E-state index contributed by atoms with van der Waals surface area (Å²) in [6.45, 7) is 0. The zero-order valence-electron chi connectivity index (χ0n) is 8.47. The highest BCUT2D eigenvalue weighted by atomic mass is 35.5. The number of nitrogens with one attached hydrogen (secondary N) is 1. The number of carbonyl (C=O) groups is 1. The van der Waals surface area contributed by atoms with E-state index < -0.39 is 11.5 Å². The van der Waals surface area contributed by atoms with Gasteiger partial charge in [-0.3, -0.25) is 4.79 Å². The Morgan fingerprint density at radius 1 is 1.47 bits per heavy atom. The molecule has 0 bridgehead atoms. The van der Waals surface area contributed by atoms with Crippen molar-refractivity contribution < 1.29 is 9.63 Å². The number of hydrogen-bond donors (Lipinski definition) is 1. The van der Waals surface area contributed by atoms with Gasteiger partial charge in [0.25, 0.3) is 5.56 Å². The molecule has 0 fully saturated rings. The SMILES string of the molecule is O=C(CCl)On1c(=S)[nH]c2ccccc2c1=O. The number of alkyl halides is 1. The molecule has 0 aliphatic carbocycles. The maximum atomic E-state index is 12.0. The van der Waals surface area contributed by atoms with Gasteiger partial charge < -0.3 is 9.82 Å².